The fourth-order valence-electron chi connectivity index (χ4n) is 8.33. The van der Waals surface area contributed by atoms with Crippen molar-refractivity contribution in [1.29, 1.82) is 0 Å². The van der Waals surface area contributed by atoms with E-state index in [1.165, 1.54) is 21.3 Å². The molecule has 55 heavy (non-hydrogen) atoms. The molecule has 2 N–H and O–H groups in total. The molecule has 3 aromatic carbocycles. The Morgan fingerprint density at radius 1 is 0.727 bits per heavy atom. The van der Waals surface area contributed by atoms with E-state index in [-0.39, 0.29) is 23.8 Å². The van der Waals surface area contributed by atoms with Crippen LogP contribution in [0.15, 0.2) is 60.7 Å². The van der Waals surface area contributed by atoms with Crippen LogP contribution in [0.5, 0.6) is 17.2 Å². The summed E-state index contributed by atoms with van der Waals surface area (Å²) < 4.78 is 16.5. The molecule has 3 fully saturated rings. The van der Waals surface area contributed by atoms with Gasteiger partial charge in [-0.15, -0.1) is 0 Å². The number of likely N-dealkylation sites (tertiary alicyclic amines) is 2. The Morgan fingerprint density at radius 3 is 1.98 bits per heavy atom. The van der Waals surface area contributed by atoms with Gasteiger partial charge in [-0.3, -0.25) is 14.5 Å². The Bertz CT molecular complexity index is 1810. The Labute approximate surface area is 333 Å². The average molecular weight is 797 g/mol. The zero-order valence-corrected chi connectivity index (χ0v) is 33.3. The molecule has 3 amide bonds. The van der Waals surface area contributed by atoms with Crippen LogP contribution in [0.25, 0.3) is 0 Å². The van der Waals surface area contributed by atoms with E-state index < -0.39 is 11.5 Å². The summed E-state index contributed by atoms with van der Waals surface area (Å²) in [7, 11) is 4.60. The number of nitrogens with one attached hydrogen (secondary N) is 1. The number of ether oxygens (including phenoxy) is 3. The zero-order chi connectivity index (χ0) is 39.2. The lowest BCUT2D eigenvalue weighted by atomic mass is 9.76. The minimum absolute atomic E-state index is 0.0865. The number of carboxylic acids is 1. The second-order valence-electron chi connectivity index (χ2n) is 14.7. The van der Waals surface area contributed by atoms with Gasteiger partial charge in [-0.25, -0.2) is 4.79 Å². The van der Waals surface area contributed by atoms with Gasteiger partial charge in [0, 0.05) is 69.9 Å². The number of rotatable bonds is 13. The smallest absolute Gasteiger partial charge is 0.318 e. The van der Waals surface area contributed by atoms with Gasteiger partial charge < -0.3 is 39.3 Å². The minimum Gasteiger partial charge on any atom is -0.493 e. The van der Waals surface area contributed by atoms with Crippen molar-refractivity contribution in [2.75, 3.05) is 86.8 Å². The Kier molecular flexibility index (Phi) is 13.0. The van der Waals surface area contributed by atoms with Gasteiger partial charge in [0.15, 0.2) is 11.5 Å². The van der Waals surface area contributed by atoms with E-state index in [1.807, 2.05) is 46.2 Å². The molecule has 3 aliphatic heterocycles. The minimum atomic E-state index is -0.811. The quantitative estimate of drug-likeness (QED) is 0.215. The van der Waals surface area contributed by atoms with Crippen LogP contribution in [0.3, 0.4) is 0 Å². The van der Waals surface area contributed by atoms with Crippen molar-refractivity contribution in [3.8, 4) is 17.2 Å². The van der Waals surface area contributed by atoms with E-state index in [1.54, 1.807) is 12.1 Å². The molecule has 0 saturated carbocycles. The van der Waals surface area contributed by atoms with Crippen molar-refractivity contribution >= 4 is 41.1 Å². The molecule has 0 spiro atoms. The number of hydrogen-bond donors (Lipinski definition) is 2. The van der Waals surface area contributed by atoms with Gasteiger partial charge in [-0.05, 0) is 67.6 Å². The molecule has 3 saturated heterocycles. The molecule has 1 atom stereocenters. The molecule has 3 aromatic rings. The predicted molar refractivity (Wildman–Crippen MR) is 212 cm³/mol. The molecule has 296 valence electrons. The van der Waals surface area contributed by atoms with Crippen molar-refractivity contribution in [3.05, 3.63) is 87.4 Å². The summed E-state index contributed by atoms with van der Waals surface area (Å²) in [6.45, 7) is 6.32. The van der Waals surface area contributed by atoms with Crippen LogP contribution in [0.1, 0.15) is 53.6 Å². The second kappa shape index (κ2) is 17.7. The molecule has 0 radical (unpaired) electrons. The monoisotopic (exact) mass is 795 g/mol. The van der Waals surface area contributed by atoms with E-state index in [2.05, 4.69) is 27.2 Å². The van der Waals surface area contributed by atoms with E-state index in [4.69, 9.17) is 42.5 Å². The molecular formula is C41H51Cl2N5O7. The lowest BCUT2D eigenvalue weighted by Gasteiger charge is -2.45. The predicted octanol–water partition coefficient (Wildman–Crippen LogP) is 5.99. The lowest BCUT2D eigenvalue weighted by molar-refractivity contribution is -0.137. The van der Waals surface area contributed by atoms with Crippen LogP contribution in [0.2, 0.25) is 10.0 Å². The molecule has 0 unspecified atom stereocenters. The van der Waals surface area contributed by atoms with Crippen LogP contribution >= 0.6 is 23.2 Å². The standard InChI is InChI=1S/C41H51Cl2N5O7/c1-53-34-25-29(26-35(54-2)37(34)55-3)38(51)48-20-13-40(28-48,31-9-10-32(42)33(43)27-31)12-17-46-18-14-41(15-19-46,30-7-5-4-6-8-30)44-39(52)47-23-21-45(22-24-47)16-11-36(49)50/h4-10,25-27H,11-24,28H2,1-3H3,(H,44,52)(H,49,50)/t40-/m1/s1. The maximum atomic E-state index is 14.1. The molecule has 6 rings (SSSR count). The van der Waals surface area contributed by atoms with Crippen LogP contribution in [-0.4, -0.2) is 129 Å². The molecule has 3 aliphatic rings. The Balaban J connectivity index is 1.15. The number of methoxy groups -OCH3 is 3. The Morgan fingerprint density at radius 2 is 1.38 bits per heavy atom. The van der Waals surface area contributed by atoms with Crippen molar-refractivity contribution in [2.45, 2.75) is 43.1 Å². The number of carbonyl (C=O) groups is 3. The third-order valence-corrected chi connectivity index (χ3v) is 12.4. The molecule has 0 aliphatic carbocycles. The summed E-state index contributed by atoms with van der Waals surface area (Å²) >= 11 is 13.0. The fourth-order valence-corrected chi connectivity index (χ4v) is 8.63. The third-order valence-electron chi connectivity index (χ3n) is 11.7. The number of piperidine rings is 1. The first-order chi connectivity index (χ1) is 26.5. The number of aliphatic carboxylic acids is 1. The maximum Gasteiger partial charge on any atom is 0.318 e. The van der Waals surface area contributed by atoms with E-state index >= 15 is 0 Å². The molecule has 0 aromatic heterocycles. The van der Waals surface area contributed by atoms with Gasteiger partial charge in [0.05, 0.1) is 43.3 Å². The maximum absolute atomic E-state index is 14.1. The van der Waals surface area contributed by atoms with Gasteiger partial charge in [-0.1, -0.05) is 59.6 Å². The van der Waals surface area contributed by atoms with Crippen molar-refractivity contribution in [2.24, 2.45) is 0 Å². The van der Waals surface area contributed by atoms with E-state index in [0.29, 0.717) is 78.7 Å². The normalized spacial score (nSPS) is 20.2. The summed E-state index contributed by atoms with van der Waals surface area (Å²) in [5.74, 6) is 0.336. The van der Waals surface area contributed by atoms with Crippen molar-refractivity contribution in [1.82, 2.24) is 24.9 Å². The summed E-state index contributed by atoms with van der Waals surface area (Å²) in [5, 5.41) is 13.5. The number of nitrogens with zero attached hydrogens (tertiary/aromatic N) is 4. The zero-order valence-electron chi connectivity index (χ0n) is 31.8. The number of halogens is 2. The van der Waals surface area contributed by atoms with E-state index in [0.717, 1.165) is 56.4 Å². The largest absolute Gasteiger partial charge is 0.493 e. The second-order valence-corrected chi connectivity index (χ2v) is 15.6. The highest BCUT2D eigenvalue weighted by Crippen LogP contribution is 2.43. The number of hydrogen-bond acceptors (Lipinski definition) is 8. The van der Waals surface area contributed by atoms with Gasteiger partial charge in [-0.2, -0.15) is 0 Å². The van der Waals surface area contributed by atoms with Crippen LogP contribution in [-0.2, 0) is 15.7 Å². The molecule has 14 heteroatoms. The first-order valence-corrected chi connectivity index (χ1v) is 19.6. The average Bonchev–Trinajstić information content (AvgIpc) is 3.66. The molecule has 12 nitrogen and oxygen atoms in total. The highest BCUT2D eigenvalue weighted by atomic mass is 35.5. The van der Waals surface area contributed by atoms with Crippen molar-refractivity contribution < 1.29 is 33.7 Å². The van der Waals surface area contributed by atoms with Gasteiger partial charge in [0.25, 0.3) is 5.91 Å². The first kappa shape index (κ1) is 40.4. The van der Waals surface area contributed by atoms with Crippen molar-refractivity contribution in [3.63, 3.8) is 0 Å². The Hall–Kier alpha value is -4.23. The number of piperazine rings is 1. The molecule has 3 heterocycles. The third kappa shape index (κ3) is 9.09. The van der Waals surface area contributed by atoms with Crippen LogP contribution in [0.4, 0.5) is 4.79 Å². The highest BCUT2D eigenvalue weighted by Gasteiger charge is 2.44. The summed E-state index contributed by atoms with van der Waals surface area (Å²) in [5.41, 5.74) is 1.71. The first-order valence-electron chi connectivity index (χ1n) is 18.8. The summed E-state index contributed by atoms with van der Waals surface area (Å²) in [6.07, 6.45) is 3.13. The fraction of sp³-hybridized carbons (Fsp3) is 0.488. The topological polar surface area (TPSA) is 124 Å². The van der Waals surface area contributed by atoms with E-state index in [9.17, 15) is 14.4 Å². The van der Waals surface area contributed by atoms with Gasteiger partial charge >= 0.3 is 12.0 Å². The molecular weight excluding hydrogens is 745 g/mol. The highest BCUT2D eigenvalue weighted by molar-refractivity contribution is 6.42. The summed E-state index contributed by atoms with van der Waals surface area (Å²) in [4.78, 5) is 47.2. The SMILES string of the molecule is COc1cc(C(=O)N2CC[C@@](CCN3CCC(NC(=O)N4CCN(CCC(=O)O)CC4)(c4ccccc4)CC3)(c3ccc(Cl)c(Cl)c3)C2)cc(OC)c1OC. The lowest BCUT2D eigenvalue weighted by Crippen LogP contribution is -2.59. The van der Waals surface area contributed by atoms with Gasteiger partial charge in [0.1, 0.15) is 0 Å². The number of carboxylic acid groups (broad SMARTS) is 1. The number of carbonyl (C=O) groups excluding carboxylic acids is 2. The summed E-state index contributed by atoms with van der Waals surface area (Å²) in [6, 6.07) is 19.3. The number of urea groups is 1. The molecule has 0 bridgehead atoms. The van der Waals surface area contributed by atoms with Crippen LogP contribution < -0.4 is 19.5 Å². The number of benzene rings is 3. The van der Waals surface area contributed by atoms with Gasteiger partial charge in [0.2, 0.25) is 5.75 Å². The number of amides is 3. The van der Waals surface area contributed by atoms with Crippen LogP contribution in [0, 0.1) is 0 Å².